The average Bonchev–Trinajstić information content (AvgIpc) is 2.72. The van der Waals surface area contributed by atoms with Gasteiger partial charge in [0.1, 0.15) is 0 Å². The fraction of sp³-hybridized carbons (Fsp3) is 0.933. The van der Waals surface area contributed by atoms with Crippen molar-refractivity contribution in [1.29, 1.82) is 0 Å². The fourth-order valence-electron chi connectivity index (χ4n) is 4.24. The Bertz CT molecular complexity index is 332. The lowest BCUT2D eigenvalue weighted by Crippen LogP contribution is -2.56. The standard InChI is InChI=1S/C15H27N3O/c1-3-5-14-15(19)18(10-16-14)13-8-11-6-4-7-12(9-13)17(11)2/h11-14,16H,3-10H2,1-2H3. The molecule has 3 heterocycles. The second-order valence-electron chi connectivity index (χ2n) is 6.54. The molecule has 3 saturated heterocycles. The summed E-state index contributed by atoms with van der Waals surface area (Å²) in [5, 5.41) is 3.39. The molecule has 0 saturated carbocycles. The molecule has 3 fully saturated rings. The van der Waals surface area contributed by atoms with Crippen molar-refractivity contribution in [1.82, 2.24) is 15.1 Å². The first-order valence-corrected chi connectivity index (χ1v) is 7.96. The first-order valence-electron chi connectivity index (χ1n) is 7.96. The van der Waals surface area contributed by atoms with Crippen LogP contribution in [0.25, 0.3) is 0 Å². The average molecular weight is 265 g/mol. The molecule has 0 aliphatic carbocycles. The Balaban J connectivity index is 1.66. The van der Waals surface area contributed by atoms with Gasteiger partial charge in [0.2, 0.25) is 5.91 Å². The maximum Gasteiger partial charge on any atom is 0.241 e. The first-order chi connectivity index (χ1) is 9.20. The largest absolute Gasteiger partial charge is 0.325 e. The molecule has 0 spiro atoms. The normalized spacial score (nSPS) is 39.9. The van der Waals surface area contributed by atoms with E-state index in [1.165, 1.54) is 32.1 Å². The van der Waals surface area contributed by atoms with Crippen molar-refractivity contribution in [3.63, 3.8) is 0 Å². The quantitative estimate of drug-likeness (QED) is 0.841. The van der Waals surface area contributed by atoms with Crippen molar-refractivity contribution in [2.24, 2.45) is 0 Å². The number of rotatable bonds is 3. The Hall–Kier alpha value is -0.610. The minimum Gasteiger partial charge on any atom is -0.325 e. The topological polar surface area (TPSA) is 35.6 Å². The molecule has 0 aromatic heterocycles. The molecule has 2 bridgehead atoms. The van der Waals surface area contributed by atoms with E-state index >= 15 is 0 Å². The number of fused-ring (bicyclic) bond motifs is 2. The molecule has 3 unspecified atom stereocenters. The predicted molar refractivity (Wildman–Crippen MR) is 75.8 cm³/mol. The SMILES string of the molecule is CCCC1NCN(C2CC3CCCC(C2)N3C)C1=O. The van der Waals surface area contributed by atoms with Crippen LogP contribution in [0.3, 0.4) is 0 Å². The van der Waals surface area contributed by atoms with E-state index in [1.54, 1.807) is 0 Å². The molecule has 1 amide bonds. The summed E-state index contributed by atoms with van der Waals surface area (Å²) in [4.78, 5) is 17.2. The van der Waals surface area contributed by atoms with Gasteiger partial charge in [0.15, 0.2) is 0 Å². The lowest BCUT2D eigenvalue weighted by atomic mass is 9.81. The summed E-state index contributed by atoms with van der Waals surface area (Å²) in [6.45, 7) is 2.93. The summed E-state index contributed by atoms with van der Waals surface area (Å²) in [5.41, 5.74) is 0. The molecule has 4 nitrogen and oxygen atoms in total. The van der Waals surface area contributed by atoms with Crippen molar-refractivity contribution in [3.05, 3.63) is 0 Å². The second-order valence-corrected chi connectivity index (χ2v) is 6.54. The van der Waals surface area contributed by atoms with E-state index in [9.17, 15) is 4.79 Å². The number of hydrogen-bond acceptors (Lipinski definition) is 3. The van der Waals surface area contributed by atoms with Crippen LogP contribution in [0, 0.1) is 0 Å². The van der Waals surface area contributed by atoms with Crippen LogP contribution >= 0.6 is 0 Å². The third-order valence-corrected chi connectivity index (χ3v) is 5.42. The highest BCUT2D eigenvalue weighted by Gasteiger charge is 2.42. The number of piperidine rings is 2. The Labute approximate surface area is 116 Å². The van der Waals surface area contributed by atoms with Crippen LogP contribution in [0.2, 0.25) is 0 Å². The summed E-state index contributed by atoms with van der Waals surface area (Å²) < 4.78 is 0. The molecule has 4 heteroatoms. The molecule has 3 atom stereocenters. The molecule has 1 N–H and O–H groups in total. The molecular formula is C15H27N3O. The van der Waals surface area contributed by atoms with E-state index in [1.807, 2.05) is 0 Å². The molecule has 19 heavy (non-hydrogen) atoms. The summed E-state index contributed by atoms with van der Waals surface area (Å²) in [5.74, 6) is 0.356. The molecule has 3 aliphatic rings. The van der Waals surface area contributed by atoms with Gasteiger partial charge in [-0.1, -0.05) is 19.8 Å². The summed E-state index contributed by atoms with van der Waals surface area (Å²) in [7, 11) is 2.27. The molecule has 0 aromatic carbocycles. The van der Waals surface area contributed by atoms with Crippen molar-refractivity contribution < 1.29 is 4.79 Å². The second kappa shape index (κ2) is 5.41. The molecule has 0 radical (unpaired) electrons. The lowest BCUT2D eigenvalue weighted by Gasteiger charge is -2.49. The molecule has 3 rings (SSSR count). The number of nitrogens with zero attached hydrogens (tertiary/aromatic N) is 2. The molecule has 108 valence electrons. The Morgan fingerprint density at radius 2 is 1.89 bits per heavy atom. The highest BCUT2D eigenvalue weighted by Crippen LogP contribution is 2.35. The zero-order chi connectivity index (χ0) is 13.4. The summed E-state index contributed by atoms with van der Waals surface area (Å²) in [6, 6.07) is 1.98. The van der Waals surface area contributed by atoms with Gasteiger partial charge in [-0.15, -0.1) is 0 Å². The van der Waals surface area contributed by atoms with Gasteiger partial charge in [0, 0.05) is 18.1 Å². The van der Waals surface area contributed by atoms with Crippen LogP contribution in [0.4, 0.5) is 0 Å². The Morgan fingerprint density at radius 3 is 2.53 bits per heavy atom. The summed E-state index contributed by atoms with van der Waals surface area (Å²) in [6.07, 6.45) is 8.43. The van der Waals surface area contributed by atoms with Crippen LogP contribution in [-0.2, 0) is 4.79 Å². The van der Waals surface area contributed by atoms with Gasteiger partial charge >= 0.3 is 0 Å². The Morgan fingerprint density at radius 1 is 1.21 bits per heavy atom. The third kappa shape index (κ3) is 2.40. The minimum absolute atomic E-state index is 0.0875. The van der Waals surface area contributed by atoms with Gasteiger partial charge in [0.05, 0.1) is 12.7 Å². The fourth-order valence-corrected chi connectivity index (χ4v) is 4.24. The zero-order valence-corrected chi connectivity index (χ0v) is 12.3. The van der Waals surface area contributed by atoms with Gasteiger partial charge < -0.3 is 9.80 Å². The van der Waals surface area contributed by atoms with Gasteiger partial charge in [-0.25, -0.2) is 0 Å². The van der Waals surface area contributed by atoms with Crippen molar-refractivity contribution in [3.8, 4) is 0 Å². The lowest BCUT2D eigenvalue weighted by molar-refractivity contribution is -0.133. The first kappa shape index (κ1) is 13.4. The highest BCUT2D eigenvalue weighted by molar-refractivity contribution is 5.84. The predicted octanol–water partition coefficient (Wildman–Crippen LogP) is 1.56. The summed E-state index contributed by atoms with van der Waals surface area (Å²) >= 11 is 0. The minimum atomic E-state index is 0.0875. The van der Waals surface area contributed by atoms with Gasteiger partial charge in [-0.2, -0.15) is 0 Å². The molecule has 0 aromatic rings. The van der Waals surface area contributed by atoms with E-state index in [0.717, 1.165) is 19.5 Å². The molecular weight excluding hydrogens is 238 g/mol. The van der Waals surface area contributed by atoms with Crippen LogP contribution in [-0.4, -0.2) is 53.6 Å². The maximum absolute atomic E-state index is 12.4. The number of amides is 1. The number of nitrogens with one attached hydrogen (secondary N) is 1. The maximum atomic E-state index is 12.4. The van der Waals surface area contributed by atoms with E-state index < -0.39 is 0 Å². The van der Waals surface area contributed by atoms with Crippen molar-refractivity contribution in [2.45, 2.75) is 76.0 Å². The number of carbonyl (C=O) groups excluding carboxylic acids is 1. The van der Waals surface area contributed by atoms with E-state index in [-0.39, 0.29) is 6.04 Å². The van der Waals surface area contributed by atoms with Crippen LogP contribution in [0.5, 0.6) is 0 Å². The van der Waals surface area contributed by atoms with Gasteiger partial charge in [-0.3, -0.25) is 10.1 Å². The van der Waals surface area contributed by atoms with E-state index in [2.05, 4.69) is 29.1 Å². The van der Waals surface area contributed by atoms with E-state index in [4.69, 9.17) is 0 Å². The van der Waals surface area contributed by atoms with Crippen LogP contribution in [0.15, 0.2) is 0 Å². The van der Waals surface area contributed by atoms with Crippen LogP contribution in [0.1, 0.15) is 51.9 Å². The zero-order valence-electron chi connectivity index (χ0n) is 12.3. The van der Waals surface area contributed by atoms with Crippen molar-refractivity contribution >= 4 is 5.91 Å². The van der Waals surface area contributed by atoms with Crippen LogP contribution < -0.4 is 5.32 Å². The third-order valence-electron chi connectivity index (χ3n) is 5.42. The smallest absolute Gasteiger partial charge is 0.241 e. The highest BCUT2D eigenvalue weighted by atomic mass is 16.2. The number of hydrogen-bond donors (Lipinski definition) is 1. The Kier molecular flexibility index (Phi) is 3.81. The van der Waals surface area contributed by atoms with E-state index in [0.29, 0.717) is 24.0 Å². The number of carbonyl (C=O) groups is 1. The van der Waals surface area contributed by atoms with Gasteiger partial charge in [0.25, 0.3) is 0 Å². The van der Waals surface area contributed by atoms with Crippen molar-refractivity contribution in [2.75, 3.05) is 13.7 Å². The van der Waals surface area contributed by atoms with Gasteiger partial charge in [-0.05, 0) is 39.2 Å². The monoisotopic (exact) mass is 265 g/mol. The molecule has 3 aliphatic heterocycles.